The third-order valence-corrected chi connectivity index (χ3v) is 7.53. The molecule has 2 amide bonds. The Morgan fingerprint density at radius 2 is 1.71 bits per heavy atom. The molecule has 0 aliphatic rings. The molecular weight excluding hydrogens is 494 g/mol. The number of aliphatic hydroxyl groups excluding tert-OH is 1. The summed E-state index contributed by atoms with van der Waals surface area (Å²) < 4.78 is 27.3. The molecule has 0 aliphatic heterocycles. The van der Waals surface area contributed by atoms with Crippen LogP contribution in [0.4, 0.5) is 10.5 Å². The number of anilines is 1. The summed E-state index contributed by atoms with van der Waals surface area (Å²) in [5.41, 5.74) is 0.223. The molecule has 0 radical (unpaired) electrons. The standard InChI is InChI=1S/C24H32ClN3O6S/c1-16(29)26-20-12-11-18(14-19(20)25)35(33,34)27(5)15-22(30)21(13-17-9-7-6-8-10-17)28(23(31)32)24(2,3)4/h6-12,14,21-22,30H,13,15H2,1-5H3,(H,26,29)(H,31,32)/t21-,22+/m0/s1. The number of nitrogens with one attached hydrogen (secondary N) is 1. The number of sulfonamides is 1. The molecular formula is C24H32ClN3O6S. The van der Waals surface area contributed by atoms with Crippen LogP contribution in [0.5, 0.6) is 0 Å². The number of halogens is 1. The van der Waals surface area contributed by atoms with Gasteiger partial charge in [0.25, 0.3) is 0 Å². The minimum Gasteiger partial charge on any atom is -0.465 e. The monoisotopic (exact) mass is 525 g/mol. The molecule has 35 heavy (non-hydrogen) atoms. The van der Waals surface area contributed by atoms with Gasteiger partial charge in [-0.05, 0) is 51.0 Å². The second-order valence-electron chi connectivity index (χ2n) is 9.26. The van der Waals surface area contributed by atoms with Gasteiger partial charge in [-0.2, -0.15) is 4.31 Å². The van der Waals surface area contributed by atoms with E-state index in [9.17, 15) is 28.2 Å². The van der Waals surface area contributed by atoms with Crippen molar-refractivity contribution in [1.82, 2.24) is 9.21 Å². The quantitative estimate of drug-likeness (QED) is 0.458. The number of rotatable bonds is 9. The third kappa shape index (κ3) is 7.41. The fourth-order valence-electron chi connectivity index (χ4n) is 3.79. The van der Waals surface area contributed by atoms with Gasteiger partial charge in [0.1, 0.15) is 0 Å². The van der Waals surface area contributed by atoms with Gasteiger partial charge in [0.2, 0.25) is 15.9 Å². The van der Waals surface area contributed by atoms with Gasteiger partial charge in [0.15, 0.2) is 0 Å². The van der Waals surface area contributed by atoms with Crippen LogP contribution in [-0.2, 0) is 21.2 Å². The van der Waals surface area contributed by atoms with Crippen LogP contribution in [0.15, 0.2) is 53.4 Å². The average molecular weight is 526 g/mol. The van der Waals surface area contributed by atoms with Gasteiger partial charge in [-0.15, -0.1) is 0 Å². The zero-order valence-corrected chi connectivity index (χ0v) is 22.0. The lowest BCUT2D eigenvalue weighted by molar-refractivity contribution is -0.114. The number of carboxylic acid groups (broad SMARTS) is 1. The van der Waals surface area contributed by atoms with E-state index in [1.165, 1.54) is 32.2 Å². The summed E-state index contributed by atoms with van der Waals surface area (Å²) in [6.07, 6.45) is -2.36. The van der Waals surface area contributed by atoms with E-state index in [1.54, 1.807) is 20.8 Å². The number of carbonyl (C=O) groups is 2. The van der Waals surface area contributed by atoms with E-state index >= 15 is 0 Å². The van der Waals surface area contributed by atoms with Crippen LogP contribution in [0.2, 0.25) is 5.02 Å². The van der Waals surface area contributed by atoms with Crippen molar-refractivity contribution >= 4 is 39.3 Å². The molecule has 11 heteroatoms. The predicted octanol–water partition coefficient (Wildman–Crippen LogP) is 3.67. The third-order valence-electron chi connectivity index (χ3n) is 5.40. The largest absolute Gasteiger partial charge is 0.465 e. The molecule has 0 bridgehead atoms. The molecule has 3 N–H and O–H groups in total. The van der Waals surface area contributed by atoms with E-state index < -0.39 is 33.8 Å². The number of aliphatic hydroxyl groups is 1. The summed E-state index contributed by atoms with van der Waals surface area (Å²) >= 11 is 6.14. The van der Waals surface area contributed by atoms with E-state index in [2.05, 4.69) is 5.32 Å². The van der Waals surface area contributed by atoms with Gasteiger partial charge < -0.3 is 15.5 Å². The van der Waals surface area contributed by atoms with Crippen molar-refractivity contribution in [3.63, 3.8) is 0 Å². The smallest absolute Gasteiger partial charge is 0.408 e. The van der Waals surface area contributed by atoms with Crippen molar-refractivity contribution in [2.45, 2.75) is 56.7 Å². The van der Waals surface area contributed by atoms with Crippen LogP contribution in [0.1, 0.15) is 33.3 Å². The van der Waals surface area contributed by atoms with Gasteiger partial charge in [-0.3, -0.25) is 9.69 Å². The number of hydrogen-bond acceptors (Lipinski definition) is 5. The molecule has 192 valence electrons. The molecule has 0 heterocycles. The lowest BCUT2D eigenvalue weighted by Gasteiger charge is -2.42. The van der Waals surface area contributed by atoms with E-state index in [4.69, 9.17) is 11.6 Å². The van der Waals surface area contributed by atoms with Crippen LogP contribution >= 0.6 is 11.6 Å². The molecule has 2 aromatic rings. The first-order valence-corrected chi connectivity index (χ1v) is 12.7. The Morgan fingerprint density at radius 1 is 1.11 bits per heavy atom. The fourth-order valence-corrected chi connectivity index (χ4v) is 5.30. The maximum atomic E-state index is 13.2. The van der Waals surface area contributed by atoms with Gasteiger partial charge >= 0.3 is 6.09 Å². The second kappa shape index (κ2) is 11.4. The predicted molar refractivity (Wildman–Crippen MR) is 135 cm³/mol. The van der Waals surface area contributed by atoms with Gasteiger partial charge in [0, 0.05) is 26.1 Å². The van der Waals surface area contributed by atoms with E-state index in [0.29, 0.717) is 0 Å². The minimum absolute atomic E-state index is 0.0435. The summed E-state index contributed by atoms with van der Waals surface area (Å²) in [6, 6.07) is 12.1. The Morgan fingerprint density at radius 3 is 2.20 bits per heavy atom. The Balaban J connectivity index is 2.35. The average Bonchev–Trinajstić information content (AvgIpc) is 2.73. The van der Waals surface area contributed by atoms with Crippen molar-refractivity contribution in [2.24, 2.45) is 0 Å². The van der Waals surface area contributed by atoms with Crippen LogP contribution in [0.25, 0.3) is 0 Å². The van der Waals surface area contributed by atoms with Crippen LogP contribution in [0, 0.1) is 0 Å². The summed E-state index contributed by atoms with van der Waals surface area (Å²) in [4.78, 5) is 24.5. The number of amides is 2. The first kappa shape index (κ1) is 28.6. The molecule has 9 nitrogen and oxygen atoms in total. The van der Waals surface area contributed by atoms with E-state index in [0.717, 1.165) is 14.8 Å². The van der Waals surface area contributed by atoms with Gasteiger partial charge in [-0.25, -0.2) is 13.2 Å². The zero-order valence-electron chi connectivity index (χ0n) is 20.4. The molecule has 0 spiro atoms. The fraction of sp³-hybridized carbons (Fsp3) is 0.417. The number of hydrogen-bond donors (Lipinski definition) is 3. The van der Waals surface area contributed by atoms with Gasteiger partial charge in [0.05, 0.1) is 27.8 Å². The number of nitrogens with zero attached hydrogens (tertiary/aromatic N) is 2. The molecule has 0 aliphatic carbocycles. The first-order chi connectivity index (χ1) is 16.1. The lowest BCUT2D eigenvalue weighted by Crippen LogP contribution is -2.58. The van der Waals surface area contributed by atoms with Crippen LogP contribution < -0.4 is 5.32 Å². The summed E-state index contributed by atoms with van der Waals surface area (Å²) in [7, 11) is -2.78. The Hall–Kier alpha value is -2.66. The Labute approximate surface area is 211 Å². The highest BCUT2D eigenvalue weighted by molar-refractivity contribution is 7.89. The van der Waals surface area contributed by atoms with Crippen molar-refractivity contribution in [3.8, 4) is 0 Å². The number of carbonyl (C=O) groups excluding carboxylic acids is 1. The van der Waals surface area contributed by atoms with Crippen molar-refractivity contribution in [1.29, 1.82) is 0 Å². The summed E-state index contributed by atoms with van der Waals surface area (Å²) in [6.45, 7) is 6.09. The van der Waals surface area contributed by atoms with Crippen molar-refractivity contribution in [2.75, 3.05) is 18.9 Å². The maximum absolute atomic E-state index is 13.2. The molecule has 0 saturated carbocycles. The molecule has 2 rings (SSSR count). The van der Waals surface area contributed by atoms with E-state index in [1.807, 2.05) is 30.3 Å². The molecule has 0 unspecified atom stereocenters. The SMILES string of the molecule is CC(=O)Nc1ccc(S(=O)(=O)N(C)C[C@@H](O)[C@H](Cc2ccccc2)N(C(=O)O)C(C)(C)C)cc1Cl. The summed E-state index contributed by atoms with van der Waals surface area (Å²) in [5.74, 6) is -0.353. The van der Waals surface area contributed by atoms with Crippen LogP contribution in [-0.4, -0.2) is 71.1 Å². The highest BCUT2D eigenvalue weighted by Gasteiger charge is 2.38. The maximum Gasteiger partial charge on any atom is 0.408 e. The second-order valence-corrected chi connectivity index (χ2v) is 11.7. The molecule has 0 fully saturated rings. The van der Waals surface area contributed by atoms with Crippen molar-refractivity contribution in [3.05, 3.63) is 59.1 Å². The molecule has 2 atom stereocenters. The van der Waals surface area contributed by atoms with Crippen LogP contribution in [0.3, 0.4) is 0 Å². The molecule has 0 saturated heterocycles. The summed E-state index contributed by atoms with van der Waals surface area (Å²) in [5, 5.41) is 23.6. The highest BCUT2D eigenvalue weighted by Crippen LogP contribution is 2.28. The Bertz CT molecular complexity index is 1150. The van der Waals surface area contributed by atoms with E-state index in [-0.39, 0.29) is 34.5 Å². The normalized spacial score (nSPS) is 13.8. The van der Waals surface area contributed by atoms with Crippen molar-refractivity contribution < 1.29 is 28.2 Å². The molecule has 2 aromatic carbocycles. The lowest BCUT2D eigenvalue weighted by atomic mass is 9.94. The number of benzene rings is 2. The topological polar surface area (TPSA) is 127 Å². The van der Waals surface area contributed by atoms with Gasteiger partial charge in [-0.1, -0.05) is 41.9 Å². The zero-order chi connectivity index (χ0) is 26.6. The highest BCUT2D eigenvalue weighted by atomic mass is 35.5. The Kier molecular flexibility index (Phi) is 9.29. The first-order valence-electron chi connectivity index (χ1n) is 10.9. The minimum atomic E-state index is -4.08. The number of likely N-dealkylation sites (N-methyl/N-ethyl adjacent to an activating group) is 1. The molecule has 0 aromatic heterocycles.